The summed E-state index contributed by atoms with van der Waals surface area (Å²) >= 11 is 0. The predicted molar refractivity (Wildman–Crippen MR) is 88.1 cm³/mol. The molecule has 0 atom stereocenters. The quantitative estimate of drug-likeness (QED) is 0.911. The van der Waals surface area contributed by atoms with Gasteiger partial charge in [0.15, 0.2) is 5.82 Å². The molecular formula is C17H24N4. The van der Waals surface area contributed by atoms with Crippen LogP contribution in [0.15, 0.2) is 24.3 Å². The maximum Gasteiger partial charge on any atom is 0.155 e. The molecule has 2 N–H and O–H groups in total. The van der Waals surface area contributed by atoms with E-state index in [1.54, 1.807) is 0 Å². The molecule has 4 nitrogen and oxygen atoms in total. The van der Waals surface area contributed by atoms with Gasteiger partial charge < -0.3 is 10.6 Å². The van der Waals surface area contributed by atoms with Gasteiger partial charge in [-0.1, -0.05) is 18.2 Å². The lowest BCUT2D eigenvalue weighted by molar-refractivity contribution is 0.527. The number of hydrogen-bond donors (Lipinski definition) is 1. The van der Waals surface area contributed by atoms with Gasteiger partial charge in [0.2, 0.25) is 0 Å². The van der Waals surface area contributed by atoms with Gasteiger partial charge in [0.1, 0.15) is 0 Å². The Bertz CT molecular complexity index is 642. The molecule has 1 aromatic heterocycles. The highest BCUT2D eigenvalue weighted by atomic mass is 15.4. The van der Waals surface area contributed by atoms with E-state index < -0.39 is 0 Å². The van der Waals surface area contributed by atoms with Crippen LogP contribution >= 0.6 is 0 Å². The molecular weight excluding hydrogens is 260 g/mol. The summed E-state index contributed by atoms with van der Waals surface area (Å²) in [5, 5.41) is 4.64. The van der Waals surface area contributed by atoms with Crippen LogP contribution in [-0.2, 0) is 6.42 Å². The summed E-state index contributed by atoms with van der Waals surface area (Å²) < 4.78 is 2.06. The number of rotatable bonds is 2. The Morgan fingerprint density at radius 3 is 2.71 bits per heavy atom. The molecule has 0 aliphatic carbocycles. The number of benzene rings is 1. The first-order valence-electron chi connectivity index (χ1n) is 7.79. The van der Waals surface area contributed by atoms with Crippen molar-refractivity contribution >= 4 is 17.2 Å². The van der Waals surface area contributed by atoms with Crippen molar-refractivity contribution in [3.63, 3.8) is 0 Å². The Kier molecular flexibility index (Phi) is 3.62. The molecule has 0 spiro atoms. The largest absolute Gasteiger partial charge is 0.394 e. The summed E-state index contributed by atoms with van der Waals surface area (Å²) in [6.45, 7) is 7.29. The Balaban J connectivity index is 2.16. The predicted octanol–water partition coefficient (Wildman–Crippen LogP) is 3.83. The maximum absolute atomic E-state index is 6.36. The van der Waals surface area contributed by atoms with Crippen LogP contribution in [0, 0.1) is 6.92 Å². The van der Waals surface area contributed by atoms with Crippen molar-refractivity contribution in [3.8, 4) is 0 Å². The van der Waals surface area contributed by atoms with Crippen molar-refractivity contribution in [3.05, 3.63) is 35.5 Å². The lowest BCUT2D eigenvalue weighted by Crippen LogP contribution is -2.23. The van der Waals surface area contributed by atoms with Crippen molar-refractivity contribution in [1.29, 1.82) is 0 Å². The second-order valence-corrected chi connectivity index (χ2v) is 6.10. The van der Waals surface area contributed by atoms with Crippen LogP contribution in [0.1, 0.15) is 44.0 Å². The van der Waals surface area contributed by atoms with Crippen LogP contribution in [0.3, 0.4) is 0 Å². The van der Waals surface area contributed by atoms with E-state index in [0.29, 0.717) is 6.04 Å². The van der Waals surface area contributed by atoms with Crippen LogP contribution in [0.4, 0.5) is 17.2 Å². The Hall–Kier alpha value is -1.97. The molecule has 1 aliphatic heterocycles. The van der Waals surface area contributed by atoms with Crippen molar-refractivity contribution in [2.75, 3.05) is 17.2 Å². The molecule has 1 aromatic carbocycles. The number of nitrogens with zero attached hydrogens (tertiary/aromatic N) is 3. The fourth-order valence-corrected chi connectivity index (χ4v) is 3.09. The first-order chi connectivity index (χ1) is 10.1. The molecule has 0 saturated carbocycles. The summed E-state index contributed by atoms with van der Waals surface area (Å²) in [4.78, 5) is 2.36. The highest BCUT2D eigenvalue weighted by molar-refractivity contribution is 5.75. The fraction of sp³-hybridized carbons (Fsp3) is 0.471. The summed E-state index contributed by atoms with van der Waals surface area (Å²) in [5.41, 5.74) is 10.8. The number of hydrogen-bond acceptors (Lipinski definition) is 3. The Morgan fingerprint density at radius 2 is 1.95 bits per heavy atom. The van der Waals surface area contributed by atoms with Gasteiger partial charge in [-0.3, -0.25) is 0 Å². The maximum atomic E-state index is 6.36. The molecule has 112 valence electrons. The van der Waals surface area contributed by atoms with Crippen molar-refractivity contribution < 1.29 is 0 Å². The van der Waals surface area contributed by atoms with E-state index in [4.69, 9.17) is 5.73 Å². The highest BCUT2D eigenvalue weighted by Crippen LogP contribution is 2.38. The first kappa shape index (κ1) is 14.0. The van der Waals surface area contributed by atoms with E-state index in [1.165, 1.54) is 24.1 Å². The molecule has 4 heteroatoms. The molecule has 0 radical (unpaired) electrons. The van der Waals surface area contributed by atoms with Gasteiger partial charge in [0.25, 0.3) is 0 Å². The topological polar surface area (TPSA) is 47.1 Å². The van der Waals surface area contributed by atoms with E-state index in [0.717, 1.165) is 30.2 Å². The van der Waals surface area contributed by atoms with Gasteiger partial charge in [-0.15, -0.1) is 0 Å². The molecule has 3 rings (SSSR count). The average molecular weight is 284 g/mol. The van der Waals surface area contributed by atoms with E-state index in [1.807, 2.05) is 6.92 Å². The van der Waals surface area contributed by atoms with E-state index in [9.17, 15) is 0 Å². The Labute approximate surface area is 126 Å². The molecule has 0 fully saturated rings. The monoisotopic (exact) mass is 284 g/mol. The van der Waals surface area contributed by atoms with Crippen LogP contribution < -0.4 is 10.6 Å². The second kappa shape index (κ2) is 5.43. The van der Waals surface area contributed by atoms with Crippen LogP contribution in [0.5, 0.6) is 0 Å². The molecule has 2 heterocycles. The van der Waals surface area contributed by atoms with Crippen LogP contribution in [0.2, 0.25) is 0 Å². The average Bonchev–Trinajstić information content (AvgIpc) is 2.65. The minimum atomic E-state index is 0.298. The van der Waals surface area contributed by atoms with Gasteiger partial charge in [-0.05, 0) is 51.7 Å². The smallest absolute Gasteiger partial charge is 0.155 e. The molecule has 1 aliphatic rings. The number of aromatic nitrogens is 2. The molecule has 21 heavy (non-hydrogen) atoms. The molecule has 0 saturated heterocycles. The van der Waals surface area contributed by atoms with E-state index in [2.05, 4.69) is 52.8 Å². The number of fused-ring (bicyclic) bond motifs is 1. The number of para-hydroxylation sites is 1. The normalized spacial score (nSPS) is 15.1. The van der Waals surface area contributed by atoms with Gasteiger partial charge in [-0.25, -0.2) is 4.68 Å². The lowest BCUT2D eigenvalue weighted by atomic mass is 10.1. The number of aryl methyl sites for hydroxylation is 2. The zero-order valence-corrected chi connectivity index (χ0v) is 13.1. The summed E-state index contributed by atoms with van der Waals surface area (Å²) in [6.07, 6.45) is 3.54. The highest BCUT2D eigenvalue weighted by Gasteiger charge is 2.24. The molecule has 0 bridgehead atoms. The van der Waals surface area contributed by atoms with Crippen molar-refractivity contribution in [1.82, 2.24) is 9.78 Å². The number of anilines is 3. The zero-order chi connectivity index (χ0) is 15.0. The van der Waals surface area contributed by atoms with Crippen molar-refractivity contribution in [2.24, 2.45) is 0 Å². The molecule has 2 aromatic rings. The minimum Gasteiger partial charge on any atom is -0.394 e. The first-order valence-corrected chi connectivity index (χ1v) is 7.79. The standard InChI is InChI=1S/C17H24N4/c1-12(2)21-17(16(18)13(3)19-21)20-11-7-6-9-14-8-4-5-10-15(14)20/h4-5,8,10,12H,6-7,9,11,18H2,1-3H3. The van der Waals surface area contributed by atoms with Crippen LogP contribution in [0.25, 0.3) is 0 Å². The minimum absolute atomic E-state index is 0.298. The van der Waals surface area contributed by atoms with E-state index in [-0.39, 0.29) is 0 Å². The zero-order valence-electron chi connectivity index (χ0n) is 13.1. The summed E-state index contributed by atoms with van der Waals surface area (Å²) in [6, 6.07) is 8.96. The van der Waals surface area contributed by atoms with Gasteiger partial charge >= 0.3 is 0 Å². The number of nitrogen functional groups attached to an aromatic ring is 1. The third-order valence-corrected chi connectivity index (χ3v) is 4.21. The van der Waals surface area contributed by atoms with Crippen LogP contribution in [-0.4, -0.2) is 16.3 Å². The molecule has 0 amide bonds. The fourth-order valence-electron chi connectivity index (χ4n) is 3.09. The van der Waals surface area contributed by atoms with Crippen molar-refractivity contribution in [2.45, 2.75) is 46.1 Å². The SMILES string of the molecule is Cc1nn(C(C)C)c(N2CCCCc3ccccc32)c1N. The molecule has 0 unspecified atom stereocenters. The van der Waals surface area contributed by atoms with Gasteiger partial charge in [0.05, 0.1) is 11.4 Å². The second-order valence-electron chi connectivity index (χ2n) is 6.10. The third-order valence-electron chi connectivity index (χ3n) is 4.21. The number of nitrogens with two attached hydrogens (primary N) is 1. The Morgan fingerprint density at radius 1 is 1.19 bits per heavy atom. The summed E-state index contributed by atoms with van der Waals surface area (Å²) in [7, 11) is 0. The third kappa shape index (κ3) is 2.39. The van der Waals surface area contributed by atoms with Gasteiger partial charge in [0, 0.05) is 18.3 Å². The lowest BCUT2D eigenvalue weighted by Gasteiger charge is -2.27. The van der Waals surface area contributed by atoms with E-state index >= 15 is 0 Å². The van der Waals surface area contributed by atoms with Gasteiger partial charge in [-0.2, -0.15) is 5.10 Å². The summed E-state index contributed by atoms with van der Waals surface area (Å²) in [5.74, 6) is 1.05.